The minimum Gasteiger partial charge on any atom is -0.491 e. The van der Waals surface area contributed by atoms with Gasteiger partial charge in [0.1, 0.15) is 24.2 Å². The van der Waals surface area contributed by atoms with E-state index in [1.54, 1.807) is 24.3 Å². The summed E-state index contributed by atoms with van der Waals surface area (Å²) in [6, 6.07) is 13.1. The van der Waals surface area contributed by atoms with E-state index >= 15 is 0 Å². The highest BCUT2D eigenvalue weighted by Gasteiger charge is 2.44. The summed E-state index contributed by atoms with van der Waals surface area (Å²) in [6.07, 6.45) is 0.576. The van der Waals surface area contributed by atoms with E-state index in [9.17, 15) is 9.59 Å². The van der Waals surface area contributed by atoms with Gasteiger partial charge in [-0.3, -0.25) is 9.69 Å². The Labute approximate surface area is 212 Å². The zero-order chi connectivity index (χ0) is 25.1. The topological polar surface area (TPSA) is 108 Å². The minimum atomic E-state index is -0.786. The van der Waals surface area contributed by atoms with E-state index < -0.39 is 18.1 Å². The van der Waals surface area contributed by atoms with Gasteiger partial charge in [-0.15, -0.1) is 0 Å². The number of amides is 3. The Morgan fingerprint density at radius 3 is 2.43 bits per heavy atom. The standard InChI is InChI=1S/C26H29BrN4O4/c1-15(2)14-21(24-28-16(3)22(29-24)17-4-8-19(27)9-5-17)31-25(33)23(30-26(31)34)18-6-10-20(11-7-18)35-13-12-32/h4-11,15,21,23,32H,12-14H2,1-3H3,(H,28,29)(H,30,34)/t21-,23+/m0/s1. The van der Waals surface area contributed by atoms with Crippen LogP contribution in [0.2, 0.25) is 0 Å². The highest BCUT2D eigenvalue weighted by molar-refractivity contribution is 9.10. The Morgan fingerprint density at radius 1 is 1.11 bits per heavy atom. The lowest BCUT2D eigenvalue weighted by Crippen LogP contribution is -2.36. The van der Waals surface area contributed by atoms with Gasteiger partial charge in [0, 0.05) is 15.7 Å². The van der Waals surface area contributed by atoms with Crippen molar-refractivity contribution in [1.82, 2.24) is 20.2 Å². The van der Waals surface area contributed by atoms with Crippen molar-refractivity contribution < 1.29 is 19.4 Å². The lowest BCUT2D eigenvalue weighted by atomic mass is 10.0. The van der Waals surface area contributed by atoms with Crippen LogP contribution in [0, 0.1) is 12.8 Å². The Balaban J connectivity index is 1.62. The van der Waals surface area contributed by atoms with Gasteiger partial charge >= 0.3 is 6.03 Å². The SMILES string of the molecule is Cc1[nH]c([C@H](CC(C)C)N2C(=O)N[C@H](c3ccc(OCCO)cc3)C2=O)nc1-c1ccc(Br)cc1. The molecule has 0 aliphatic carbocycles. The van der Waals surface area contributed by atoms with Crippen LogP contribution in [0.3, 0.4) is 0 Å². The molecule has 0 radical (unpaired) electrons. The number of hydrogen-bond donors (Lipinski definition) is 3. The smallest absolute Gasteiger partial charge is 0.325 e. The zero-order valence-electron chi connectivity index (χ0n) is 19.9. The number of benzene rings is 2. The summed E-state index contributed by atoms with van der Waals surface area (Å²) in [7, 11) is 0. The van der Waals surface area contributed by atoms with Gasteiger partial charge in [-0.25, -0.2) is 9.78 Å². The highest BCUT2D eigenvalue weighted by Crippen LogP contribution is 2.35. The van der Waals surface area contributed by atoms with Crippen LogP contribution >= 0.6 is 15.9 Å². The number of aromatic nitrogens is 2. The van der Waals surface area contributed by atoms with E-state index in [1.165, 1.54) is 4.90 Å². The van der Waals surface area contributed by atoms with E-state index in [0.29, 0.717) is 23.6 Å². The van der Waals surface area contributed by atoms with Crippen molar-refractivity contribution in [2.24, 2.45) is 5.92 Å². The molecular formula is C26H29BrN4O4. The number of rotatable bonds is 9. The van der Waals surface area contributed by atoms with Gasteiger partial charge in [0.25, 0.3) is 5.91 Å². The van der Waals surface area contributed by atoms with Crippen molar-refractivity contribution in [2.75, 3.05) is 13.2 Å². The van der Waals surface area contributed by atoms with Gasteiger partial charge in [-0.1, -0.05) is 54.0 Å². The van der Waals surface area contributed by atoms with Crippen LogP contribution in [0.4, 0.5) is 4.79 Å². The molecule has 9 heteroatoms. The molecule has 1 aliphatic rings. The summed E-state index contributed by atoms with van der Waals surface area (Å²) in [5, 5.41) is 11.7. The molecule has 1 aromatic heterocycles. The summed E-state index contributed by atoms with van der Waals surface area (Å²) in [4.78, 5) is 36.0. The molecule has 2 heterocycles. The normalized spacial score (nSPS) is 16.6. The van der Waals surface area contributed by atoms with Crippen LogP contribution in [0.15, 0.2) is 53.0 Å². The maximum Gasteiger partial charge on any atom is 0.325 e. The Hall–Kier alpha value is -3.17. The molecule has 1 aliphatic heterocycles. The first-order valence-electron chi connectivity index (χ1n) is 11.6. The minimum absolute atomic E-state index is 0.0824. The van der Waals surface area contributed by atoms with E-state index in [4.69, 9.17) is 14.8 Å². The monoisotopic (exact) mass is 540 g/mol. The molecule has 4 rings (SSSR count). The van der Waals surface area contributed by atoms with Crippen LogP contribution in [-0.4, -0.2) is 45.1 Å². The fourth-order valence-corrected chi connectivity index (χ4v) is 4.52. The summed E-state index contributed by atoms with van der Waals surface area (Å²) >= 11 is 3.46. The number of aliphatic hydroxyl groups is 1. The number of carbonyl (C=O) groups is 2. The molecule has 3 N–H and O–H groups in total. The fraction of sp³-hybridized carbons (Fsp3) is 0.346. The molecule has 184 valence electrons. The van der Waals surface area contributed by atoms with Crippen LogP contribution in [-0.2, 0) is 4.79 Å². The summed E-state index contributed by atoms with van der Waals surface area (Å²) < 4.78 is 6.37. The van der Waals surface area contributed by atoms with Crippen molar-refractivity contribution in [3.05, 3.63) is 70.1 Å². The molecule has 3 amide bonds. The van der Waals surface area contributed by atoms with E-state index in [1.807, 2.05) is 31.2 Å². The number of hydrogen-bond acceptors (Lipinski definition) is 5. The number of H-pyrrole nitrogens is 1. The van der Waals surface area contributed by atoms with Crippen LogP contribution in [0.1, 0.15) is 49.4 Å². The molecule has 1 saturated heterocycles. The molecule has 0 unspecified atom stereocenters. The Morgan fingerprint density at radius 2 is 1.80 bits per heavy atom. The molecule has 2 atom stereocenters. The van der Waals surface area contributed by atoms with Crippen molar-refractivity contribution in [3.63, 3.8) is 0 Å². The van der Waals surface area contributed by atoms with Crippen molar-refractivity contribution >= 4 is 27.9 Å². The maximum absolute atomic E-state index is 13.5. The number of aromatic amines is 1. The molecule has 35 heavy (non-hydrogen) atoms. The van der Waals surface area contributed by atoms with E-state index in [2.05, 4.69) is 40.1 Å². The van der Waals surface area contributed by atoms with E-state index in [0.717, 1.165) is 21.4 Å². The first-order valence-corrected chi connectivity index (χ1v) is 12.4. The summed E-state index contributed by atoms with van der Waals surface area (Å²) in [5.74, 6) is 1.08. The largest absolute Gasteiger partial charge is 0.491 e. The van der Waals surface area contributed by atoms with Crippen LogP contribution in [0.25, 0.3) is 11.3 Å². The predicted molar refractivity (Wildman–Crippen MR) is 136 cm³/mol. The predicted octanol–water partition coefficient (Wildman–Crippen LogP) is 4.90. The number of carbonyl (C=O) groups excluding carboxylic acids is 2. The van der Waals surface area contributed by atoms with Gasteiger partial charge < -0.3 is 20.1 Å². The third-order valence-corrected chi connectivity index (χ3v) is 6.42. The molecule has 3 aromatic rings. The molecule has 0 bridgehead atoms. The lowest BCUT2D eigenvalue weighted by molar-refractivity contribution is -0.129. The third kappa shape index (κ3) is 5.41. The van der Waals surface area contributed by atoms with E-state index in [-0.39, 0.29) is 25.0 Å². The number of imidazole rings is 1. The number of aliphatic hydroxyl groups excluding tert-OH is 1. The lowest BCUT2D eigenvalue weighted by Gasteiger charge is -2.25. The summed E-state index contributed by atoms with van der Waals surface area (Å²) in [6.45, 7) is 6.16. The summed E-state index contributed by atoms with van der Waals surface area (Å²) in [5.41, 5.74) is 3.29. The number of aryl methyl sites for hydroxylation is 1. The average molecular weight is 541 g/mol. The van der Waals surface area contributed by atoms with Crippen molar-refractivity contribution in [1.29, 1.82) is 0 Å². The first kappa shape index (κ1) is 24.9. The second kappa shape index (κ2) is 10.6. The van der Waals surface area contributed by atoms with Gasteiger partial charge in [-0.2, -0.15) is 0 Å². The molecule has 2 aromatic carbocycles. The van der Waals surface area contributed by atoms with Gasteiger partial charge in [0.05, 0.1) is 18.3 Å². The molecular weight excluding hydrogens is 512 g/mol. The number of urea groups is 1. The number of nitrogens with one attached hydrogen (secondary N) is 2. The first-order chi connectivity index (χ1) is 16.8. The number of halogens is 1. The van der Waals surface area contributed by atoms with Gasteiger partial charge in [0.15, 0.2) is 0 Å². The molecule has 0 saturated carbocycles. The maximum atomic E-state index is 13.5. The highest BCUT2D eigenvalue weighted by atomic mass is 79.9. The van der Waals surface area contributed by atoms with Gasteiger partial charge in [-0.05, 0) is 49.1 Å². The second-order valence-electron chi connectivity index (χ2n) is 8.98. The zero-order valence-corrected chi connectivity index (χ0v) is 21.5. The van der Waals surface area contributed by atoms with Gasteiger partial charge in [0.2, 0.25) is 0 Å². The second-order valence-corrected chi connectivity index (χ2v) is 9.90. The Kier molecular flexibility index (Phi) is 7.57. The quantitative estimate of drug-likeness (QED) is 0.334. The van der Waals surface area contributed by atoms with Crippen LogP contribution < -0.4 is 10.1 Å². The number of nitrogens with zero attached hydrogens (tertiary/aromatic N) is 2. The fourth-order valence-electron chi connectivity index (χ4n) is 4.25. The number of imide groups is 1. The Bertz CT molecular complexity index is 1190. The van der Waals surface area contributed by atoms with Crippen LogP contribution in [0.5, 0.6) is 5.75 Å². The third-order valence-electron chi connectivity index (χ3n) is 5.89. The average Bonchev–Trinajstić information content (AvgIpc) is 3.36. The molecule has 1 fully saturated rings. The molecule has 0 spiro atoms. The number of ether oxygens (including phenoxy) is 1. The van der Waals surface area contributed by atoms with Crippen molar-refractivity contribution in [2.45, 2.75) is 39.3 Å². The van der Waals surface area contributed by atoms with Crippen molar-refractivity contribution in [3.8, 4) is 17.0 Å². The molecule has 8 nitrogen and oxygen atoms in total.